The molecule has 0 aliphatic carbocycles. The number of amides is 1. The summed E-state index contributed by atoms with van der Waals surface area (Å²) in [6.07, 6.45) is 0. The fourth-order valence-corrected chi connectivity index (χ4v) is 3.06. The molecule has 0 saturated heterocycles. The van der Waals surface area contributed by atoms with E-state index in [1.165, 1.54) is 17.0 Å². The number of rotatable bonds is 5. The van der Waals surface area contributed by atoms with Gasteiger partial charge in [-0.2, -0.15) is 0 Å². The summed E-state index contributed by atoms with van der Waals surface area (Å²) in [4.78, 5) is 15.5. The average Bonchev–Trinajstić information content (AvgIpc) is 2.95. The Labute approximate surface area is 128 Å². The predicted molar refractivity (Wildman–Crippen MR) is 84.2 cm³/mol. The summed E-state index contributed by atoms with van der Waals surface area (Å²) in [5.41, 5.74) is 1.16. The zero-order valence-corrected chi connectivity index (χ0v) is 13.2. The first kappa shape index (κ1) is 15.7. The number of benzene rings is 1. The van der Waals surface area contributed by atoms with Gasteiger partial charge in [-0.3, -0.25) is 4.79 Å². The van der Waals surface area contributed by atoms with E-state index in [0.717, 1.165) is 5.56 Å². The number of nitrogens with zero attached hydrogens (tertiary/aromatic N) is 1. The molecular formula is C16H19FN2OS. The summed E-state index contributed by atoms with van der Waals surface area (Å²) in [6, 6.07) is 8.42. The number of nitrogens with one attached hydrogen (secondary N) is 1. The lowest BCUT2D eigenvalue weighted by atomic mass is 10.1. The number of hydrogen-bond donors (Lipinski definition) is 1. The van der Waals surface area contributed by atoms with Crippen LogP contribution in [-0.4, -0.2) is 31.4 Å². The number of likely N-dealkylation sites (N-methyl/N-ethyl adjacent to an activating group) is 1. The van der Waals surface area contributed by atoms with Crippen LogP contribution in [0.3, 0.4) is 0 Å². The van der Waals surface area contributed by atoms with E-state index >= 15 is 0 Å². The second-order valence-corrected chi connectivity index (χ2v) is 6.14. The van der Waals surface area contributed by atoms with Gasteiger partial charge in [0.25, 0.3) is 5.91 Å². The summed E-state index contributed by atoms with van der Waals surface area (Å²) >= 11 is 1.66. The molecule has 1 aromatic carbocycles. The van der Waals surface area contributed by atoms with Gasteiger partial charge in [-0.05, 0) is 50.2 Å². The van der Waals surface area contributed by atoms with Gasteiger partial charge in [0.15, 0.2) is 0 Å². The van der Waals surface area contributed by atoms with Crippen LogP contribution in [0.4, 0.5) is 4.39 Å². The predicted octanol–water partition coefficient (Wildman–Crippen LogP) is 3.23. The van der Waals surface area contributed by atoms with Gasteiger partial charge >= 0.3 is 0 Å². The normalized spacial score (nSPS) is 12.4. The molecule has 1 N–H and O–H groups in total. The molecule has 2 aromatic rings. The van der Waals surface area contributed by atoms with Crippen molar-refractivity contribution in [2.24, 2.45) is 0 Å². The van der Waals surface area contributed by atoms with Gasteiger partial charge in [-0.25, -0.2) is 4.39 Å². The van der Waals surface area contributed by atoms with Crippen molar-refractivity contribution < 1.29 is 9.18 Å². The quantitative estimate of drug-likeness (QED) is 0.920. The van der Waals surface area contributed by atoms with Crippen molar-refractivity contribution in [1.82, 2.24) is 10.2 Å². The zero-order valence-electron chi connectivity index (χ0n) is 12.4. The molecule has 1 heterocycles. The van der Waals surface area contributed by atoms with Crippen LogP contribution >= 0.6 is 11.3 Å². The van der Waals surface area contributed by atoms with Gasteiger partial charge in [0.05, 0.1) is 6.04 Å². The van der Waals surface area contributed by atoms with E-state index in [-0.39, 0.29) is 11.9 Å². The van der Waals surface area contributed by atoms with Gasteiger partial charge in [0.1, 0.15) is 5.82 Å². The summed E-state index contributed by atoms with van der Waals surface area (Å²) in [5.74, 6) is -0.636. The van der Waals surface area contributed by atoms with E-state index in [4.69, 9.17) is 0 Å². The van der Waals surface area contributed by atoms with E-state index in [1.54, 1.807) is 24.3 Å². The van der Waals surface area contributed by atoms with E-state index in [9.17, 15) is 9.18 Å². The molecule has 1 amide bonds. The lowest BCUT2D eigenvalue weighted by Crippen LogP contribution is -2.34. The first-order chi connectivity index (χ1) is 9.99. The summed E-state index contributed by atoms with van der Waals surface area (Å²) < 4.78 is 13.3. The molecule has 0 radical (unpaired) electrons. The fourth-order valence-electron chi connectivity index (χ4n) is 2.14. The molecule has 0 fully saturated rings. The number of carbonyl (C=O) groups excluding carboxylic acids is 1. The van der Waals surface area contributed by atoms with Crippen LogP contribution in [0.5, 0.6) is 0 Å². The van der Waals surface area contributed by atoms with Crippen molar-refractivity contribution in [2.45, 2.75) is 13.0 Å². The monoisotopic (exact) mass is 306 g/mol. The van der Waals surface area contributed by atoms with Gasteiger partial charge in [-0.1, -0.05) is 12.1 Å². The van der Waals surface area contributed by atoms with Crippen LogP contribution in [-0.2, 0) is 0 Å². The highest BCUT2D eigenvalue weighted by Crippen LogP contribution is 2.22. The zero-order chi connectivity index (χ0) is 15.4. The summed E-state index contributed by atoms with van der Waals surface area (Å²) in [7, 11) is 3.95. The maximum absolute atomic E-state index is 13.3. The van der Waals surface area contributed by atoms with E-state index in [2.05, 4.69) is 16.3 Å². The van der Waals surface area contributed by atoms with Crippen molar-refractivity contribution in [3.05, 3.63) is 57.5 Å². The second kappa shape index (κ2) is 6.83. The molecule has 112 valence electrons. The Bertz CT molecular complexity index is 611. The van der Waals surface area contributed by atoms with E-state index < -0.39 is 5.82 Å². The third kappa shape index (κ3) is 3.89. The summed E-state index contributed by atoms with van der Waals surface area (Å²) in [6.45, 7) is 2.29. The molecule has 21 heavy (non-hydrogen) atoms. The molecule has 0 bridgehead atoms. The van der Waals surface area contributed by atoms with Gasteiger partial charge in [-0.15, -0.1) is 11.3 Å². The van der Waals surface area contributed by atoms with Crippen LogP contribution in [0.2, 0.25) is 0 Å². The highest BCUT2D eigenvalue weighted by Gasteiger charge is 2.17. The molecule has 0 spiro atoms. The van der Waals surface area contributed by atoms with E-state index in [0.29, 0.717) is 12.1 Å². The standard InChI is InChI=1S/C16H19FN2OS/c1-11-6-7-12(17)9-13(11)16(20)18-10-14(19(2)3)15-5-4-8-21-15/h4-9,14H,10H2,1-3H3,(H,18,20). The van der Waals surface area contributed by atoms with Crippen molar-refractivity contribution in [2.75, 3.05) is 20.6 Å². The van der Waals surface area contributed by atoms with Crippen molar-refractivity contribution in [3.8, 4) is 0 Å². The second-order valence-electron chi connectivity index (χ2n) is 5.16. The molecule has 5 heteroatoms. The smallest absolute Gasteiger partial charge is 0.251 e. The first-order valence-corrected chi connectivity index (χ1v) is 7.61. The first-order valence-electron chi connectivity index (χ1n) is 6.73. The highest BCUT2D eigenvalue weighted by atomic mass is 32.1. The summed E-state index contributed by atoms with van der Waals surface area (Å²) in [5, 5.41) is 4.91. The Kier molecular flexibility index (Phi) is 5.09. The van der Waals surface area contributed by atoms with Gasteiger partial charge in [0, 0.05) is 17.0 Å². The largest absolute Gasteiger partial charge is 0.350 e. The number of thiophene rings is 1. The number of carbonyl (C=O) groups is 1. The molecule has 1 unspecified atom stereocenters. The molecule has 0 aliphatic rings. The third-order valence-corrected chi connectivity index (χ3v) is 4.37. The molecule has 1 aromatic heterocycles. The topological polar surface area (TPSA) is 32.3 Å². The minimum atomic E-state index is -0.395. The Morgan fingerprint density at radius 2 is 2.14 bits per heavy atom. The fraction of sp³-hybridized carbons (Fsp3) is 0.312. The van der Waals surface area contributed by atoms with Crippen molar-refractivity contribution in [3.63, 3.8) is 0 Å². The Morgan fingerprint density at radius 1 is 1.38 bits per heavy atom. The minimum absolute atomic E-state index is 0.114. The molecule has 0 saturated carbocycles. The van der Waals surface area contributed by atoms with Crippen molar-refractivity contribution in [1.29, 1.82) is 0 Å². The molecule has 3 nitrogen and oxygen atoms in total. The van der Waals surface area contributed by atoms with Crippen LogP contribution in [0.15, 0.2) is 35.7 Å². The molecule has 0 aliphatic heterocycles. The number of hydrogen-bond acceptors (Lipinski definition) is 3. The molecular weight excluding hydrogens is 287 g/mol. The maximum atomic E-state index is 13.3. The Balaban J connectivity index is 2.07. The number of aryl methyl sites for hydroxylation is 1. The Hall–Kier alpha value is -1.72. The van der Waals surface area contributed by atoms with Gasteiger partial charge in [0.2, 0.25) is 0 Å². The van der Waals surface area contributed by atoms with Crippen molar-refractivity contribution >= 4 is 17.2 Å². The lowest BCUT2D eigenvalue weighted by Gasteiger charge is -2.23. The Morgan fingerprint density at radius 3 is 2.76 bits per heavy atom. The highest BCUT2D eigenvalue weighted by molar-refractivity contribution is 7.10. The van der Waals surface area contributed by atoms with Crippen LogP contribution in [0.25, 0.3) is 0 Å². The van der Waals surface area contributed by atoms with Crippen LogP contribution in [0.1, 0.15) is 26.8 Å². The molecule has 1 atom stereocenters. The third-order valence-electron chi connectivity index (χ3n) is 3.40. The van der Waals surface area contributed by atoms with Crippen LogP contribution in [0, 0.1) is 12.7 Å². The average molecular weight is 306 g/mol. The van der Waals surface area contributed by atoms with Gasteiger partial charge < -0.3 is 10.2 Å². The van der Waals surface area contributed by atoms with E-state index in [1.807, 2.05) is 25.5 Å². The minimum Gasteiger partial charge on any atom is -0.350 e. The molecule has 2 rings (SSSR count). The van der Waals surface area contributed by atoms with Crippen LogP contribution < -0.4 is 5.32 Å². The lowest BCUT2D eigenvalue weighted by molar-refractivity contribution is 0.0941. The number of halogens is 1. The SMILES string of the molecule is Cc1ccc(F)cc1C(=O)NCC(c1cccs1)N(C)C. The maximum Gasteiger partial charge on any atom is 0.251 e.